The molecule has 1 aromatic carbocycles. The Morgan fingerprint density at radius 3 is 2.95 bits per heavy atom. The van der Waals surface area contributed by atoms with Gasteiger partial charge in [0.15, 0.2) is 0 Å². The van der Waals surface area contributed by atoms with Crippen LogP contribution >= 0.6 is 0 Å². The Hall–Kier alpha value is -2.96. The Bertz CT molecular complexity index is 770. The molecule has 2 heterocycles. The van der Waals surface area contributed by atoms with E-state index >= 15 is 0 Å². The fourth-order valence-corrected chi connectivity index (χ4v) is 2.18. The summed E-state index contributed by atoms with van der Waals surface area (Å²) in [4.78, 5) is 18.8. The van der Waals surface area contributed by atoms with E-state index in [1.807, 2.05) is 35.0 Å². The first kappa shape index (κ1) is 13.0. The molecule has 7 heteroatoms. The van der Waals surface area contributed by atoms with Gasteiger partial charge in [0.1, 0.15) is 11.9 Å². The van der Waals surface area contributed by atoms with Gasteiger partial charge in [0.25, 0.3) is 0 Å². The van der Waals surface area contributed by atoms with Crippen molar-refractivity contribution in [3.05, 3.63) is 59.3 Å². The number of imidazole rings is 1. The maximum Gasteiger partial charge on any atom is 0.311 e. The van der Waals surface area contributed by atoms with E-state index in [4.69, 9.17) is 0 Å². The first-order chi connectivity index (χ1) is 10.3. The number of rotatable bonds is 5. The average Bonchev–Trinajstić information content (AvgIpc) is 3.00. The number of fused-ring (bicyclic) bond motifs is 1. The number of para-hydroxylation sites is 1. The van der Waals surface area contributed by atoms with Crippen LogP contribution in [0.5, 0.6) is 0 Å². The lowest BCUT2D eigenvalue weighted by molar-refractivity contribution is -0.384. The Morgan fingerprint density at radius 2 is 2.19 bits per heavy atom. The van der Waals surface area contributed by atoms with E-state index in [-0.39, 0.29) is 5.69 Å². The fourth-order valence-electron chi connectivity index (χ4n) is 2.18. The van der Waals surface area contributed by atoms with Crippen molar-refractivity contribution in [3.8, 4) is 0 Å². The third kappa shape index (κ3) is 2.66. The van der Waals surface area contributed by atoms with Crippen molar-refractivity contribution in [2.45, 2.75) is 6.54 Å². The zero-order chi connectivity index (χ0) is 14.7. The summed E-state index contributed by atoms with van der Waals surface area (Å²) in [5, 5.41) is 15.1. The highest BCUT2D eigenvalue weighted by Gasteiger charge is 2.17. The van der Waals surface area contributed by atoms with Gasteiger partial charge in [0, 0.05) is 30.9 Å². The third-order valence-corrected chi connectivity index (χ3v) is 3.18. The van der Waals surface area contributed by atoms with Gasteiger partial charge in [-0.05, 0) is 6.07 Å². The van der Waals surface area contributed by atoms with Crippen LogP contribution in [0.25, 0.3) is 10.9 Å². The maximum absolute atomic E-state index is 11.2. The lowest BCUT2D eigenvalue weighted by atomic mass is 10.1. The summed E-state index contributed by atoms with van der Waals surface area (Å²) in [6.07, 6.45) is 6.55. The number of pyridine rings is 1. The van der Waals surface area contributed by atoms with E-state index in [0.717, 1.165) is 10.9 Å². The maximum atomic E-state index is 11.2. The number of nitrogens with one attached hydrogen (secondary N) is 1. The van der Waals surface area contributed by atoms with Crippen LogP contribution in [-0.4, -0.2) is 26.0 Å². The summed E-state index contributed by atoms with van der Waals surface area (Å²) >= 11 is 0. The standard InChI is InChI=1S/C14H13N5O2/c20-19(21)13-9-17-12-4-2-1-3-11(12)14(13)16-6-8-18-7-5-15-10-18/h1-5,7,9-10H,6,8H2,(H,16,17). The number of benzene rings is 1. The molecule has 0 unspecified atom stereocenters. The highest BCUT2D eigenvalue weighted by Crippen LogP contribution is 2.31. The van der Waals surface area contributed by atoms with Gasteiger partial charge in [-0.15, -0.1) is 0 Å². The summed E-state index contributed by atoms with van der Waals surface area (Å²) in [5.41, 5.74) is 1.22. The van der Waals surface area contributed by atoms with Gasteiger partial charge in [-0.25, -0.2) is 9.97 Å². The summed E-state index contributed by atoms with van der Waals surface area (Å²) in [6, 6.07) is 7.36. The van der Waals surface area contributed by atoms with Crippen LogP contribution in [0.1, 0.15) is 0 Å². The second kappa shape index (κ2) is 5.58. The largest absolute Gasteiger partial charge is 0.377 e. The van der Waals surface area contributed by atoms with E-state index in [1.54, 1.807) is 12.5 Å². The molecule has 0 aliphatic heterocycles. The van der Waals surface area contributed by atoms with Crippen LogP contribution in [0.3, 0.4) is 0 Å². The summed E-state index contributed by atoms with van der Waals surface area (Å²) < 4.78 is 1.90. The Kier molecular flexibility index (Phi) is 3.46. The minimum atomic E-state index is -0.418. The van der Waals surface area contributed by atoms with Crippen molar-refractivity contribution in [2.75, 3.05) is 11.9 Å². The molecule has 7 nitrogen and oxygen atoms in total. The molecule has 0 saturated heterocycles. The summed E-state index contributed by atoms with van der Waals surface area (Å²) in [7, 11) is 0. The van der Waals surface area contributed by atoms with Crippen molar-refractivity contribution < 1.29 is 4.92 Å². The van der Waals surface area contributed by atoms with Gasteiger partial charge >= 0.3 is 5.69 Å². The van der Waals surface area contributed by atoms with Crippen molar-refractivity contribution in [1.29, 1.82) is 0 Å². The molecule has 106 valence electrons. The number of nitro groups is 1. The molecule has 21 heavy (non-hydrogen) atoms. The number of nitrogens with zero attached hydrogens (tertiary/aromatic N) is 4. The monoisotopic (exact) mass is 283 g/mol. The van der Waals surface area contributed by atoms with Gasteiger partial charge in [-0.3, -0.25) is 10.1 Å². The molecule has 0 radical (unpaired) electrons. The van der Waals surface area contributed by atoms with E-state index in [2.05, 4.69) is 15.3 Å². The van der Waals surface area contributed by atoms with Gasteiger partial charge in [-0.1, -0.05) is 18.2 Å². The molecule has 0 aliphatic carbocycles. The lowest BCUT2D eigenvalue weighted by Gasteiger charge is -2.10. The van der Waals surface area contributed by atoms with Crippen LogP contribution in [0, 0.1) is 10.1 Å². The average molecular weight is 283 g/mol. The molecule has 3 rings (SSSR count). The quantitative estimate of drug-likeness (QED) is 0.574. The van der Waals surface area contributed by atoms with Crippen molar-refractivity contribution in [2.24, 2.45) is 0 Å². The zero-order valence-corrected chi connectivity index (χ0v) is 11.1. The zero-order valence-electron chi connectivity index (χ0n) is 11.1. The molecule has 0 spiro atoms. The number of aromatic nitrogens is 3. The van der Waals surface area contributed by atoms with E-state index in [9.17, 15) is 10.1 Å². The number of anilines is 1. The molecule has 0 bridgehead atoms. The van der Waals surface area contributed by atoms with E-state index in [1.165, 1.54) is 6.20 Å². The molecular formula is C14H13N5O2. The predicted molar refractivity (Wildman–Crippen MR) is 79.1 cm³/mol. The highest BCUT2D eigenvalue weighted by atomic mass is 16.6. The predicted octanol–water partition coefficient (Wildman–Crippen LogP) is 2.45. The van der Waals surface area contributed by atoms with Crippen molar-refractivity contribution in [3.63, 3.8) is 0 Å². The minimum absolute atomic E-state index is 0.0145. The smallest absolute Gasteiger partial charge is 0.311 e. The van der Waals surface area contributed by atoms with E-state index in [0.29, 0.717) is 18.8 Å². The Morgan fingerprint density at radius 1 is 1.33 bits per heavy atom. The van der Waals surface area contributed by atoms with Crippen molar-refractivity contribution >= 4 is 22.3 Å². The molecule has 0 atom stereocenters. The third-order valence-electron chi connectivity index (χ3n) is 3.18. The summed E-state index contributed by atoms with van der Waals surface area (Å²) in [6.45, 7) is 1.24. The van der Waals surface area contributed by atoms with Crippen LogP contribution in [-0.2, 0) is 6.54 Å². The molecule has 0 fully saturated rings. The molecule has 0 amide bonds. The van der Waals surface area contributed by atoms with Crippen LogP contribution in [0.4, 0.5) is 11.4 Å². The molecule has 0 aliphatic rings. The van der Waals surface area contributed by atoms with Crippen LogP contribution in [0.15, 0.2) is 49.2 Å². The van der Waals surface area contributed by atoms with Gasteiger partial charge in [-0.2, -0.15) is 0 Å². The molecule has 2 aromatic heterocycles. The molecule has 0 saturated carbocycles. The van der Waals surface area contributed by atoms with E-state index < -0.39 is 4.92 Å². The second-order valence-corrected chi connectivity index (χ2v) is 4.52. The lowest BCUT2D eigenvalue weighted by Crippen LogP contribution is -2.11. The van der Waals surface area contributed by atoms with Crippen LogP contribution in [0.2, 0.25) is 0 Å². The molecule has 3 aromatic rings. The topological polar surface area (TPSA) is 85.9 Å². The van der Waals surface area contributed by atoms with Gasteiger partial charge in [0.05, 0.1) is 16.8 Å². The van der Waals surface area contributed by atoms with Crippen molar-refractivity contribution in [1.82, 2.24) is 14.5 Å². The second-order valence-electron chi connectivity index (χ2n) is 4.52. The van der Waals surface area contributed by atoms with Gasteiger partial charge in [0.2, 0.25) is 0 Å². The molecular weight excluding hydrogens is 270 g/mol. The SMILES string of the molecule is O=[N+]([O-])c1cnc2ccccc2c1NCCn1ccnc1. The molecule has 1 N–H and O–H groups in total. The first-order valence-corrected chi connectivity index (χ1v) is 6.47. The number of hydrogen-bond donors (Lipinski definition) is 1. The summed E-state index contributed by atoms with van der Waals surface area (Å²) in [5.74, 6) is 0. The highest BCUT2D eigenvalue weighted by molar-refractivity contribution is 5.95. The number of hydrogen-bond acceptors (Lipinski definition) is 5. The fraction of sp³-hybridized carbons (Fsp3) is 0.143. The Labute approximate surface area is 120 Å². The van der Waals surface area contributed by atoms with Gasteiger partial charge < -0.3 is 9.88 Å². The minimum Gasteiger partial charge on any atom is -0.377 e. The first-order valence-electron chi connectivity index (χ1n) is 6.47. The normalized spacial score (nSPS) is 10.7. The van der Waals surface area contributed by atoms with Crippen LogP contribution < -0.4 is 5.32 Å². The Balaban J connectivity index is 1.90.